The molecule has 0 bridgehead atoms. The summed E-state index contributed by atoms with van der Waals surface area (Å²) in [5.41, 5.74) is 3.70. The predicted molar refractivity (Wildman–Crippen MR) is 123 cm³/mol. The fraction of sp³-hybridized carbons (Fsp3) is 0.130. The first-order valence-electron chi connectivity index (χ1n) is 9.39. The Kier molecular flexibility index (Phi) is 6.26. The van der Waals surface area contributed by atoms with E-state index in [0.29, 0.717) is 23.0 Å². The fourth-order valence-corrected chi connectivity index (χ4v) is 4.09. The van der Waals surface area contributed by atoms with Crippen molar-refractivity contribution in [3.63, 3.8) is 0 Å². The maximum absolute atomic E-state index is 12.5. The van der Waals surface area contributed by atoms with Crippen LogP contribution in [0.3, 0.4) is 0 Å². The van der Waals surface area contributed by atoms with Gasteiger partial charge in [-0.2, -0.15) is 0 Å². The molecule has 1 N–H and O–H groups in total. The van der Waals surface area contributed by atoms with Gasteiger partial charge in [0.15, 0.2) is 5.16 Å². The molecule has 0 spiro atoms. The van der Waals surface area contributed by atoms with Crippen molar-refractivity contribution in [2.45, 2.75) is 11.7 Å². The Labute approximate surface area is 184 Å². The molecule has 1 heterocycles. The largest absolute Gasteiger partial charge is 0.495 e. The number of ether oxygens (including phenoxy) is 1. The number of hydrogen-bond acceptors (Lipinski definition) is 4. The molecular weight excluding hydrogens is 418 g/mol. The van der Waals surface area contributed by atoms with Crippen molar-refractivity contribution in [3.8, 4) is 5.75 Å². The number of imidazole rings is 1. The number of carbonyl (C=O) groups is 1. The number of hydrogen-bond donors (Lipinski definition) is 1. The molecule has 0 atom stereocenters. The number of methoxy groups -OCH3 is 1. The van der Waals surface area contributed by atoms with E-state index in [4.69, 9.17) is 21.3 Å². The van der Waals surface area contributed by atoms with Crippen LogP contribution in [-0.2, 0) is 11.3 Å². The number of amides is 1. The Bertz CT molecular complexity index is 1170. The van der Waals surface area contributed by atoms with Crippen LogP contribution in [0.4, 0.5) is 5.69 Å². The lowest BCUT2D eigenvalue weighted by Gasteiger charge is -2.11. The summed E-state index contributed by atoms with van der Waals surface area (Å²) in [5.74, 6) is 0.752. The van der Waals surface area contributed by atoms with E-state index in [1.165, 1.54) is 11.8 Å². The van der Waals surface area contributed by atoms with Gasteiger partial charge in [0.2, 0.25) is 5.91 Å². The van der Waals surface area contributed by atoms with Gasteiger partial charge >= 0.3 is 0 Å². The van der Waals surface area contributed by atoms with Crippen LogP contribution in [0.2, 0.25) is 5.02 Å². The number of benzene rings is 3. The van der Waals surface area contributed by atoms with Crippen molar-refractivity contribution in [1.82, 2.24) is 9.55 Å². The number of rotatable bonds is 7. The first kappa shape index (κ1) is 20.3. The van der Waals surface area contributed by atoms with E-state index in [2.05, 4.69) is 9.88 Å². The van der Waals surface area contributed by atoms with Gasteiger partial charge in [-0.05, 0) is 42.0 Å². The second-order valence-corrected chi connectivity index (χ2v) is 8.01. The summed E-state index contributed by atoms with van der Waals surface area (Å²) in [4.78, 5) is 17.3. The monoisotopic (exact) mass is 437 g/mol. The number of nitrogens with one attached hydrogen (secondary N) is 1. The van der Waals surface area contributed by atoms with E-state index in [-0.39, 0.29) is 11.7 Å². The van der Waals surface area contributed by atoms with E-state index in [9.17, 15) is 4.79 Å². The maximum atomic E-state index is 12.5. The minimum absolute atomic E-state index is 0.116. The summed E-state index contributed by atoms with van der Waals surface area (Å²) in [6.07, 6.45) is 0. The van der Waals surface area contributed by atoms with Crippen LogP contribution in [-0.4, -0.2) is 28.3 Å². The predicted octanol–water partition coefficient (Wildman–Crippen LogP) is 5.48. The number of anilines is 1. The normalized spacial score (nSPS) is 10.9. The maximum Gasteiger partial charge on any atom is 0.234 e. The molecule has 30 heavy (non-hydrogen) atoms. The zero-order valence-electron chi connectivity index (χ0n) is 16.3. The molecule has 5 nitrogen and oxygen atoms in total. The van der Waals surface area contributed by atoms with Crippen LogP contribution in [0.15, 0.2) is 78.0 Å². The highest BCUT2D eigenvalue weighted by Gasteiger charge is 2.14. The summed E-state index contributed by atoms with van der Waals surface area (Å²) in [6, 6.07) is 23.1. The first-order valence-corrected chi connectivity index (χ1v) is 10.8. The first-order chi connectivity index (χ1) is 14.6. The summed E-state index contributed by atoms with van der Waals surface area (Å²) in [6.45, 7) is 0.647. The third-order valence-corrected chi connectivity index (χ3v) is 5.82. The fourth-order valence-electron chi connectivity index (χ4n) is 3.15. The number of carbonyl (C=O) groups excluding carboxylic acids is 1. The second-order valence-electron chi connectivity index (χ2n) is 6.63. The van der Waals surface area contributed by atoms with Gasteiger partial charge in [-0.15, -0.1) is 0 Å². The molecule has 1 amide bonds. The van der Waals surface area contributed by atoms with Crippen LogP contribution >= 0.6 is 23.4 Å². The molecule has 3 aromatic carbocycles. The van der Waals surface area contributed by atoms with E-state index in [1.807, 2.05) is 72.8 Å². The third-order valence-electron chi connectivity index (χ3n) is 4.59. The average Bonchev–Trinajstić information content (AvgIpc) is 3.11. The lowest BCUT2D eigenvalue weighted by Crippen LogP contribution is -2.15. The van der Waals surface area contributed by atoms with Crippen LogP contribution in [0.1, 0.15) is 5.56 Å². The van der Waals surface area contributed by atoms with Crippen LogP contribution in [0, 0.1) is 0 Å². The van der Waals surface area contributed by atoms with Crippen LogP contribution in [0.25, 0.3) is 11.0 Å². The zero-order valence-corrected chi connectivity index (χ0v) is 17.9. The van der Waals surface area contributed by atoms with Gasteiger partial charge in [0.05, 0.1) is 36.1 Å². The topological polar surface area (TPSA) is 56.1 Å². The molecular formula is C23H20ClN3O2S. The number of fused-ring (bicyclic) bond motifs is 1. The van der Waals surface area contributed by atoms with E-state index < -0.39 is 0 Å². The van der Waals surface area contributed by atoms with Gasteiger partial charge in [-0.3, -0.25) is 4.79 Å². The van der Waals surface area contributed by atoms with Gasteiger partial charge in [0.25, 0.3) is 0 Å². The van der Waals surface area contributed by atoms with Crippen LogP contribution < -0.4 is 10.1 Å². The zero-order chi connectivity index (χ0) is 20.9. The van der Waals surface area contributed by atoms with Crippen LogP contribution in [0.5, 0.6) is 5.75 Å². The minimum atomic E-state index is -0.116. The van der Waals surface area contributed by atoms with Gasteiger partial charge in [-0.25, -0.2) is 4.98 Å². The van der Waals surface area contributed by atoms with Crippen molar-refractivity contribution in [2.24, 2.45) is 0 Å². The second kappa shape index (κ2) is 9.24. The summed E-state index contributed by atoms with van der Waals surface area (Å²) < 4.78 is 7.42. The lowest BCUT2D eigenvalue weighted by atomic mass is 10.2. The molecule has 1 aromatic heterocycles. The highest BCUT2D eigenvalue weighted by Crippen LogP contribution is 2.27. The highest BCUT2D eigenvalue weighted by molar-refractivity contribution is 7.99. The Hall–Kier alpha value is -2.96. The van der Waals surface area contributed by atoms with E-state index in [0.717, 1.165) is 21.8 Å². The molecule has 4 rings (SSSR count). The number of nitrogens with zero attached hydrogens (tertiary/aromatic N) is 2. The summed E-state index contributed by atoms with van der Waals surface area (Å²) >= 11 is 7.42. The Morgan fingerprint density at radius 3 is 2.60 bits per heavy atom. The van der Waals surface area contributed by atoms with Gasteiger partial charge < -0.3 is 14.6 Å². The van der Waals surface area contributed by atoms with Crippen molar-refractivity contribution in [3.05, 3.63) is 83.4 Å². The molecule has 0 saturated carbocycles. The number of halogens is 1. The third kappa shape index (κ3) is 4.61. The molecule has 0 unspecified atom stereocenters. The Morgan fingerprint density at radius 1 is 1.07 bits per heavy atom. The van der Waals surface area contributed by atoms with Gasteiger partial charge in [0.1, 0.15) is 5.75 Å². The van der Waals surface area contributed by atoms with Crippen molar-refractivity contribution < 1.29 is 9.53 Å². The summed E-state index contributed by atoms with van der Waals surface area (Å²) in [7, 11) is 1.58. The average molecular weight is 438 g/mol. The molecule has 0 saturated heterocycles. The van der Waals surface area contributed by atoms with Gasteiger partial charge in [-0.1, -0.05) is 59.8 Å². The number of thioether (sulfide) groups is 1. The summed E-state index contributed by atoms with van der Waals surface area (Å²) in [5, 5.41) is 4.40. The standard InChI is InChI=1S/C23H20ClN3O2S/c1-29-21-9-5-3-7-19(21)25-22(28)15-30-23-26-18-6-2-4-8-20(18)27(23)14-16-10-12-17(24)13-11-16/h2-13H,14-15H2,1H3,(H,25,28). The molecule has 4 aromatic rings. The molecule has 0 radical (unpaired) electrons. The lowest BCUT2D eigenvalue weighted by molar-refractivity contribution is -0.113. The Balaban J connectivity index is 1.53. The molecule has 152 valence electrons. The molecule has 0 aliphatic heterocycles. The number of aromatic nitrogens is 2. The molecule has 0 aliphatic carbocycles. The smallest absolute Gasteiger partial charge is 0.234 e. The van der Waals surface area contributed by atoms with E-state index >= 15 is 0 Å². The van der Waals surface area contributed by atoms with Crippen molar-refractivity contribution >= 4 is 46.0 Å². The number of para-hydroxylation sites is 4. The molecule has 7 heteroatoms. The SMILES string of the molecule is COc1ccccc1NC(=O)CSc1nc2ccccc2n1Cc1ccc(Cl)cc1. The quantitative estimate of drug-likeness (QED) is 0.389. The van der Waals surface area contributed by atoms with E-state index in [1.54, 1.807) is 7.11 Å². The van der Waals surface area contributed by atoms with Gasteiger partial charge in [0, 0.05) is 5.02 Å². The van der Waals surface area contributed by atoms with Crippen molar-refractivity contribution in [2.75, 3.05) is 18.2 Å². The minimum Gasteiger partial charge on any atom is -0.495 e. The Morgan fingerprint density at radius 2 is 1.80 bits per heavy atom. The molecule has 0 fully saturated rings. The highest BCUT2D eigenvalue weighted by atomic mass is 35.5. The van der Waals surface area contributed by atoms with Crippen molar-refractivity contribution in [1.29, 1.82) is 0 Å². The molecule has 0 aliphatic rings.